The normalized spacial score (nSPS) is 28.9. The fraction of sp³-hybridized carbons (Fsp3) is 0.929. The summed E-state index contributed by atoms with van der Waals surface area (Å²) in [6.07, 6.45) is 6.21. The second-order valence-electron chi connectivity index (χ2n) is 5.93. The Bertz CT molecular complexity index is 279. The highest BCUT2D eigenvalue weighted by molar-refractivity contribution is 5.73. The highest BCUT2D eigenvalue weighted by Gasteiger charge is 2.19. The summed E-state index contributed by atoms with van der Waals surface area (Å²) in [6, 6.07) is 0.500. The lowest BCUT2D eigenvalue weighted by molar-refractivity contribution is 0.179. The van der Waals surface area contributed by atoms with E-state index in [-0.39, 0.29) is 6.03 Å². The van der Waals surface area contributed by atoms with E-state index < -0.39 is 0 Å². The predicted molar refractivity (Wildman–Crippen MR) is 77.3 cm³/mol. The first-order valence-corrected chi connectivity index (χ1v) is 7.68. The molecule has 3 N–H and O–H groups in total. The monoisotopic (exact) mass is 268 g/mol. The maximum Gasteiger partial charge on any atom is 0.314 e. The largest absolute Gasteiger partial charge is 0.338 e. The van der Waals surface area contributed by atoms with Crippen LogP contribution in [0, 0.1) is 5.92 Å². The first-order chi connectivity index (χ1) is 9.25. The van der Waals surface area contributed by atoms with Gasteiger partial charge in [0.25, 0.3) is 0 Å². The highest BCUT2D eigenvalue weighted by atomic mass is 16.2. The van der Waals surface area contributed by atoms with Crippen molar-refractivity contribution in [2.75, 3.05) is 39.8 Å². The molecule has 5 nitrogen and oxygen atoms in total. The van der Waals surface area contributed by atoms with Gasteiger partial charge in [0, 0.05) is 19.1 Å². The number of hydrogen-bond donors (Lipinski definition) is 3. The molecule has 0 aliphatic carbocycles. The Labute approximate surface area is 116 Å². The van der Waals surface area contributed by atoms with Crippen molar-refractivity contribution in [2.24, 2.45) is 5.92 Å². The predicted octanol–water partition coefficient (Wildman–Crippen LogP) is 0.770. The third-order valence-electron chi connectivity index (χ3n) is 4.37. The van der Waals surface area contributed by atoms with Crippen molar-refractivity contribution in [1.82, 2.24) is 20.9 Å². The topological polar surface area (TPSA) is 56.4 Å². The molecule has 0 aromatic rings. The van der Waals surface area contributed by atoms with Crippen LogP contribution in [-0.4, -0.2) is 56.7 Å². The van der Waals surface area contributed by atoms with Crippen LogP contribution >= 0.6 is 0 Å². The maximum atomic E-state index is 11.8. The van der Waals surface area contributed by atoms with Gasteiger partial charge in [-0.2, -0.15) is 0 Å². The lowest BCUT2D eigenvalue weighted by Crippen LogP contribution is -2.48. The Hall–Kier alpha value is -0.810. The summed E-state index contributed by atoms with van der Waals surface area (Å²) < 4.78 is 0. The molecule has 0 bridgehead atoms. The molecular weight excluding hydrogens is 240 g/mol. The summed E-state index contributed by atoms with van der Waals surface area (Å²) in [5, 5.41) is 9.38. The average Bonchev–Trinajstić information content (AvgIpc) is 2.45. The number of amides is 2. The quantitative estimate of drug-likeness (QED) is 0.706. The molecule has 0 spiro atoms. The molecule has 2 atom stereocenters. The molecule has 19 heavy (non-hydrogen) atoms. The van der Waals surface area contributed by atoms with Crippen LogP contribution in [0.1, 0.15) is 32.1 Å². The van der Waals surface area contributed by atoms with Crippen LogP contribution in [0.4, 0.5) is 4.79 Å². The van der Waals surface area contributed by atoms with Crippen LogP contribution < -0.4 is 16.0 Å². The molecule has 0 aromatic carbocycles. The van der Waals surface area contributed by atoms with Gasteiger partial charge in [-0.05, 0) is 58.3 Å². The standard InChI is InChI=1S/C14H28N4O/c1-18-8-3-2-6-13(18)11-17-14(19)16-10-12-5-4-7-15-9-12/h12-13,15H,2-11H2,1H3,(H2,16,17,19). The Morgan fingerprint density at radius 1 is 1.21 bits per heavy atom. The summed E-state index contributed by atoms with van der Waals surface area (Å²) in [7, 11) is 2.15. The van der Waals surface area contributed by atoms with E-state index in [0.29, 0.717) is 12.0 Å². The number of likely N-dealkylation sites (N-methyl/N-ethyl adjacent to an activating group) is 1. The summed E-state index contributed by atoms with van der Waals surface area (Å²) in [6.45, 7) is 4.87. The zero-order valence-corrected chi connectivity index (χ0v) is 12.1. The number of nitrogens with zero attached hydrogens (tertiary/aromatic N) is 1. The van der Waals surface area contributed by atoms with Crippen LogP contribution in [0.15, 0.2) is 0 Å². The molecule has 2 saturated heterocycles. The van der Waals surface area contributed by atoms with E-state index in [9.17, 15) is 4.79 Å². The van der Waals surface area contributed by atoms with Crippen LogP contribution in [0.3, 0.4) is 0 Å². The average molecular weight is 268 g/mol. The van der Waals surface area contributed by atoms with Gasteiger partial charge in [0.15, 0.2) is 0 Å². The number of urea groups is 1. The third-order valence-corrected chi connectivity index (χ3v) is 4.37. The van der Waals surface area contributed by atoms with Gasteiger partial charge in [-0.25, -0.2) is 4.79 Å². The highest BCUT2D eigenvalue weighted by Crippen LogP contribution is 2.13. The number of carbonyl (C=O) groups excluding carboxylic acids is 1. The Morgan fingerprint density at radius 2 is 2.05 bits per heavy atom. The zero-order chi connectivity index (χ0) is 13.5. The Morgan fingerprint density at radius 3 is 2.79 bits per heavy atom. The zero-order valence-electron chi connectivity index (χ0n) is 12.1. The minimum Gasteiger partial charge on any atom is -0.338 e. The maximum absolute atomic E-state index is 11.8. The Balaban J connectivity index is 1.58. The van der Waals surface area contributed by atoms with Gasteiger partial charge in [0.05, 0.1) is 0 Å². The lowest BCUT2D eigenvalue weighted by atomic mass is 10.00. The van der Waals surface area contributed by atoms with Crippen molar-refractivity contribution >= 4 is 6.03 Å². The molecule has 0 saturated carbocycles. The second-order valence-corrected chi connectivity index (χ2v) is 5.93. The van der Waals surface area contributed by atoms with Gasteiger partial charge in [0.2, 0.25) is 0 Å². The number of piperidine rings is 2. The van der Waals surface area contributed by atoms with Crippen molar-refractivity contribution < 1.29 is 4.79 Å². The lowest BCUT2D eigenvalue weighted by Gasteiger charge is -2.32. The van der Waals surface area contributed by atoms with E-state index in [0.717, 1.165) is 32.7 Å². The van der Waals surface area contributed by atoms with E-state index in [1.165, 1.54) is 32.1 Å². The number of hydrogen-bond acceptors (Lipinski definition) is 3. The molecule has 2 rings (SSSR count). The number of nitrogens with one attached hydrogen (secondary N) is 3. The van der Waals surface area contributed by atoms with Gasteiger partial charge in [-0.1, -0.05) is 6.42 Å². The van der Waals surface area contributed by atoms with Gasteiger partial charge in [-0.15, -0.1) is 0 Å². The van der Waals surface area contributed by atoms with Gasteiger partial charge in [-0.3, -0.25) is 0 Å². The fourth-order valence-electron chi connectivity index (χ4n) is 3.01. The van der Waals surface area contributed by atoms with E-state index in [2.05, 4.69) is 27.9 Å². The smallest absolute Gasteiger partial charge is 0.314 e. The molecule has 2 fully saturated rings. The van der Waals surface area contributed by atoms with Gasteiger partial charge >= 0.3 is 6.03 Å². The number of rotatable bonds is 4. The number of carbonyl (C=O) groups is 1. The third kappa shape index (κ3) is 4.99. The summed E-state index contributed by atoms with van der Waals surface area (Å²) >= 11 is 0. The van der Waals surface area contributed by atoms with Crippen molar-refractivity contribution in [3.63, 3.8) is 0 Å². The summed E-state index contributed by atoms with van der Waals surface area (Å²) in [5.41, 5.74) is 0. The molecular formula is C14H28N4O. The van der Waals surface area contributed by atoms with Crippen molar-refractivity contribution in [3.05, 3.63) is 0 Å². The first-order valence-electron chi connectivity index (χ1n) is 7.68. The SMILES string of the molecule is CN1CCCCC1CNC(=O)NCC1CCCNC1. The molecule has 0 aromatic heterocycles. The molecule has 2 amide bonds. The van der Waals surface area contributed by atoms with Crippen LogP contribution in [0.25, 0.3) is 0 Å². The Kier molecular flexibility index (Phi) is 5.92. The molecule has 2 heterocycles. The second kappa shape index (κ2) is 7.70. The van der Waals surface area contributed by atoms with E-state index >= 15 is 0 Å². The minimum atomic E-state index is -0.00968. The van der Waals surface area contributed by atoms with E-state index in [1.54, 1.807) is 0 Å². The van der Waals surface area contributed by atoms with Gasteiger partial charge < -0.3 is 20.9 Å². The molecule has 2 aliphatic rings. The summed E-state index contributed by atoms with van der Waals surface area (Å²) in [5.74, 6) is 0.594. The van der Waals surface area contributed by atoms with Gasteiger partial charge in [0.1, 0.15) is 0 Å². The first kappa shape index (κ1) is 14.6. The fourth-order valence-corrected chi connectivity index (χ4v) is 3.01. The van der Waals surface area contributed by atoms with Crippen LogP contribution in [-0.2, 0) is 0 Å². The molecule has 2 unspecified atom stereocenters. The van der Waals surface area contributed by atoms with E-state index in [4.69, 9.17) is 0 Å². The van der Waals surface area contributed by atoms with Crippen molar-refractivity contribution in [2.45, 2.75) is 38.1 Å². The minimum absolute atomic E-state index is 0.00968. The molecule has 110 valence electrons. The van der Waals surface area contributed by atoms with Crippen LogP contribution in [0.2, 0.25) is 0 Å². The molecule has 2 aliphatic heterocycles. The van der Waals surface area contributed by atoms with Crippen molar-refractivity contribution in [3.8, 4) is 0 Å². The van der Waals surface area contributed by atoms with E-state index in [1.807, 2.05) is 0 Å². The summed E-state index contributed by atoms with van der Waals surface area (Å²) in [4.78, 5) is 14.1. The molecule has 5 heteroatoms. The van der Waals surface area contributed by atoms with Crippen molar-refractivity contribution in [1.29, 1.82) is 0 Å². The number of likely N-dealkylation sites (tertiary alicyclic amines) is 1. The molecule has 0 radical (unpaired) electrons. The van der Waals surface area contributed by atoms with Crippen LogP contribution in [0.5, 0.6) is 0 Å².